The summed E-state index contributed by atoms with van der Waals surface area (Å²) in [6.45, 7) is 4.30. The summed E-state index contributed by atoms with van der Waals surface area (Å²) in [7, 11) is 0. The number of rotatable bonds is 4. The third-order valence-corrected chi connectivity index (χ3v) is 4.92. The maximum absolute atomic E-state index is 6.12. The number of anilines is 1. The van der Waals surface area contributed by atoms with Gasteiger partial charge in [-0.05, 0) is 24.1 Å². The van der Waals surface area contributed by atoms with Gasteiger partial charge in [-0.3, -0.25) is 4.99 Å². The van der Waals surface area contributed by atoms with E-state index in [0.717, 1.165) is 42.8 Å². The molecule has 1 aliphatic heterocycles. The van der Waals surface area contributed by atoms with Gasteiger partial charge in [-0.15, -0.1) is 11.3 Å². The second-order valence-electron chi connectivity index (χ2n) is 5.41. The normalized spacial score (nSPS) is 16.0. The highest BCUT2D eigenvalue weighted by Crippen LogP contribution is 2.18. The smallest absolute Gasteiger partial charge is 0.191 e. The number of nitrogens with two attached hydrogens (primary N) is 1. The highest BCUT2D eigenvalue weighted by atomic mass is 35.5. The zero-order valence-corrected chi connectivity index (χ0v) is 14.4. The Morgan fingerprint density at radius 2 is 2.13 bits per heavy atom. The first-order valence-electron chi connectivity index (χ1n) is 7.66. The van der Waals surface area contributed by atoms with Crippen molar-refractivity contribution >= 4 is 34.0 Å². The lowest BCUT2D eigenvalue weighted by atomic mass is 10.1. The van der Waals surface area contributed by atoms with Crippen molar-refractivity contribution in [2.45, 2.75) is 6.42 Å². The monoisotopic (exact) mass is 349 g/mol. The number of thiazole rings is 1. The summed E-state index contributed by atoms with van der Waals surface area (Å²) < 4.78 is 0. The van der Waals surface area contributed by atoms with Crippen molar-refractivity contribution in [3.05, 3.63) is 46.4 Å². The molecule has 1 aromatic heterocycles. The SMILES string of the molecule is NC(=NCCc1cccc(Cl)c1)N1CCN(c2nccs2)CC1. The van der Waals surface area contributed by atoms with Gasteiger partial charge in [0.1, 0.15) is 0 Å². The summed E-state index contributed by atoms with van der Waals surface area (Å²) in [5, 5.41) is 3.85. The minimum Gasteiger partial charge on any atom is -0.370 e. The average Bonchev–Trinajstić information content (AvgIpc) is 3.09. The molecule has 3 rings (SSSR count). The lowest BCUT2D eigenvalue weighted by molar-refractivity contribution is 0.380. The Balaban J connectivity index is 1.48. The van der Waals surface area contributed by atoms with Crippen molar-refractivity contribution in [1.82, 2.24) is 9.88 Å². The van der Waals surface area contributed by atoms with Gasteiger partial charge in [0, 0.05) is 49.3 Å². The molecular formula is C16H20ClN5S. The number of aromatic nitrogens is 1. The van der Waals surface area contributed by atoms with E-state index in [-0.39, 0.29) is 0 Å². The summed E-state index contributed by atoms with van der Waals surface area (Å²) in [6.07, 6.45) is 2.69. The molecule has 0 atom stereocenters. The van der Waals surface area contributed by atoms with E-state index in [1.165, 1.54) is 5.56 Å². The number of halogens is 1. The molecule has 2 N–H and O–H groups in total. The fourth-order valence-electron chi connectivity index (χ4n) is 2.59. The summed E-state index contributed by atoms with van der Waals surface area (Å²) in [5.74, 6) is 0.630. The Kier molecular flexibility index (Phi) is 5.35. The van der Waals surface area contributed by atoms with Gasteiger partial charge in [-0.25, -0.2) is 4.98 Å². The van der Waals surface area contributed by atoms with Crippen molar-refractivity contribution in [2.75, 3.05) is 37.6 Å². The van der Waals surface area contributed by atoms with Crippen molar-refractivity contribution in [1.29, 1.82) is 0 Å². The van der Waals surface area contributed by atoms with Crippen LogP contribution in [0.3, 0.4) is 0 Å². The third kappa shape index (κ3) is 4.36. The number of benzene rings is 1. The molecule has 2 aromatic rings. The molecule has 0 unspecified atom stereocenters. The van der Waals surface area contributed by atoms with Crippen LogP contribution >= 0.6 is 22.9 Å². The fourth-order valence-corrected chi connectivity index (χ4v) is 3.50. The minimum absolute atomic E-state index is 0.630. The fraction of sp³-hybridized carbons (Fsp3) is 0.375. The number of aliphatic imine (C=N–C) groups is 1. The van der Waals surface area contributed by atoms with Crippen LogP contribution in [-0.2, 0) is 6.42 Å². The van der Waals surface area contributed by atoms with E-state index in [1.54, 1.807) is 11.3 Å². The molecule has 1 aromatic carbocycles. The zero-order valence-electron chi connectivity index (χ0n) is 12.9. The molecule has 0 saturated carbocycles. The molecule has 1 aliphatic rings. The number of piperazine rings is 1. The maximum Gasteiger partial charge on any atom is 0.191 e. The van der Waals surface area contributed by atoms with Gasteiger partial charge in [0.25, 0.3) is 0 Å². The summed E-state index contributed by atoms with van der Waals surface area (Å²) in [6, 6.07) is 7.87. The predicted molar refractivity (Wildman–Crippen MR) is 97.5 cm³/mol. The highest BCUT2D eigenvalue weighted by Gasteiger charge is 2.19. The number of guanidine groups is 1. The van der Waals surface area contributed by atoms with Gasteiger partial charge in [0.2, 0.25) is 0 Å². The Morgan fingerprint density at radius 1 is 1.30 bits per heavy atom. The van der Waals surface area contributed by atoms with Gasteiger partial charge < -0.3 is 15.5 Å². The van der Waals surface area contributed by atoms with E-state index in [2.05, 4.69) is 25.8 Å². The predicted octanol–water partition coefficient (Wildman–Crippen LogP) is 2.48. The summed E-state index contributed by atoms with van der Waals surface area (Å²) in [5.41, 5.74) is 7.31. The van der Waals surface area contributed by atoms with Gasteiger partial charge in [0.15, 0.2) is 11.1 Å². The summed E-state index contributed by atoms with van der Waals surface area (Å²) >= 11 is 7.66. The molecule has 0 aliphatic carbocycles. The van der Waals surface area contributed by atoms with E-state index in [1.807, 2.05) is 29.8 Å². The first kappa shape index (κ1) is 16.1. The topological polar surface area (TPSA) is 57.8 Å². The van der Waals surface area contributed by atoms with Crippen LogP contribution in [0.25, 0.3) is 0 Å². The second-order valence-corrected chi connectivity index (χ2v) is 6.72. The van der Waals surface area contributed by atoms with Crippen LogP contribution in [0.1, 0.15) is 5.56 Å². The standard InChI is InChI=1S/C16H20ClN5S/c17-14-3-1-2-13(12-14)4-5-19-15(18)21-7-9-22(10-8-21)16-20-6-11-23-16/h1-3,6,11-12H,4-5,7-10H2,(H2,18,19). The lowest BCUT2D eigenvalue weighted by Gasteiger charge is -2.35. The van der Waals surface area contributed by atoms with Crippen LogP contribution < -0.4 is 10.6 Å². The van der Waals surface area contributed by atoms with Crippen molar-refractivity contribution in [3.63, 3.8) is 0 Å². The van der Waals surface area contributed by atoms with Crippen LogP contribution in [0.2, 0.25) is 5.02 Å². The van der Waals surface area contributed by atoms with E-state index in [9.17, 15) is 0 Å². The average molecular weight is 350 g/mol. The molecular weight excluding hydrogens is 330 g/mol. The van der Waals surface area contributed by atoms with Gasteiger partial charge >= 0.3 is 0 Å². The van der Waals surface area contributed by atoms with Crippen LogP contribution in [0, 0.1) is 0 Å². The largest absolute Gasteiger partial charge is 0.370 e. The molecule has 5 nitrogen and oxygen atoms in total. The molecule has 2 heterocycles. The Bertz CT molecular complexity index is 650. The number of hydrogen-bond donors (Lipinski definition) is 1. The summed E-state index contributed by atoms with van der Waals surface area (Å²) in [4.78, 5) is 13.3. The van der Waals surface area contributed by atoms with Crippen LogP contribution in [0.15, 0.2) is 40.8 Å². The van der Waals surface area contributed by atoms with Crippen molar-refractivity contribution in [3.8, 4) is 0 Å². The maximum atomic E-state index is 6.12. The van der Waals surface area contributed by atoms with Crippen LogP contribution in [0.5, 0.6) is 0 Å². The molecule has 0 bridgehead atoms. The quantitative estimate of drug-likeness (QED) is 0.680. The molecule has 0 amide bonds. The van der Waals surface area contributed by atoms with Gasteiger partial charge in [0.05, 0.1) is 0 Å². The second kappa shape index (κ2) is 7.66. The first-order valence-corrected chi connectivity index (χ1v) is 8.92. The zero-order chi connectivity index (χ0) is 16.1. The van der Waals surface area contributed by atoms with Crippen LogP contribution in [-0.4, -0.2) is 48.6 Å². The molecule has 1 fully saturated rings. The number of hydrogen-bond acceptors (Lipinski definition) is 4. The minimum atomic E-state index is 0.630. The van der Waals surface area contributed by atoms with Gasteiger partial charge in [-0.2, -0.15) is 0 Å². The van der Waals surface area contributed by atoms with E-state index >= 15 is 0 Å². The molecule has 122 valence electrons. The van der Waals surface area contributed by atoms with Crippen LogP contribution in [0.4, 0.5) is 5.13 Å². The Hall–Kier alpha value is -1.79. The lowest BCUT2D eigenvalue weighted by Crippen LogP contribution is -2.51. The Labute approximate surface area is 145 Å². The first-order chi connectivity index (χ1) is 11.2. The third-order valence-electron chi connectivity index (χ3n) is 3.86. The van der Waals surface area contributed by atoms with Crippen molar-refractivity contribution in [2.24, 2.45) is 10.7 Å². The molecule has 1 saturated heterocycles. The van der Waals surface area contributed by atoms with E-state index in [0.29, 0.717) is 12.5 Å². The molecule has 0 radical (unpaired) electrons. The Morgan fingerprint density at radius 3 is 2.83 bits per heavy atom. The van der Waals surface area contributed by atoms with Gasteiger partial charge in [-0.1, -0.05) is 23.7 Å². The van der Waals surface area contributed by atoms with E-state index < -0.39 is 0 Å². The van der Waals surface area contributed by atoms with E-state index in [4.69, 9.17) is 17.3 Å². The molecule has 7 heteroatoms. The highest BCUT2D eigenvalue weighted by molar-refractivity contribution is 7.13. The molecule has 23 heavy (non-hydrogen) atoms. The van der Waals surface area contributed by atoms with Crippen molar-refractivity contribution < 1.29 is 0 Å². The molecule has 0 spiro atoms. The number of nitrogens with zero attached hydrogens (tertiary/aromatic N) is 4.